The van der Waals surface area contributed by atoms with Crippen LogP contribution in [0.15, 0.2) is 47.4 Å². The zero-order valence-electron chi connectivity index (χ0n) is 18.1. The summed E-state index contributed by atoms with van der Waals surface area (Å²) < 4.78 is 27.5. The minimum atomic E-state index is -3.60. The molecule has 0 heterocycles. The highest BCUT2D eigenvalue weighted by Gasteiger charge is 2.23. The van der Waals surface area contributed by atoms with Crippen LogP contribution in [0.5, 0.6) is 0 Å². The number of nitro groups is 1. The number of nitrogens with zero attached hydrogens (tertiary/aromatic N) is 2. The zero-order chi connectivity index (χ0) is 23.0. The van der Waals surface area contributed by atoms with Gasteiger partial charge in [0.1, 0.15) is 0 Å². The number of aryl methyl sites for hydroxylation is 1. The summed E-state index contributed by atoms with van der Waals surface area (Å²) in [7, 11) is -3.60. The number of anilines is 1. The van der Waals surface area contributed by atoms with Crippen LogP contribution in [-0.4, -0.2) is 36.6 Å². The summed E-state index contributed by atoms with van der Waals surface area (Å²) in [5.41, 5.74) is 1.05. The van der Waals surface area contributed by atoms with Gasteiger partial charge in [-0.1, -0.05) is 26.7 Å². The first-order valence-electron chi connectivity index (χ1n) is 10.4. The van der Waals surface area contributed by atoms with Gasteiger partial charge in [0.15, 0.2) is 0 Å². The second-order valence-corrected chi connectivity index (χ2v) is 9.29. The van der Waals surface area contributed by atoms with E-state index in [1.54, 1.807) is 19.1 Å². The molecule has 0 unspecified atom stereocenters. The van der Waals surface area contributed by atoms with Crippen LogP contribution in [0, 0.1) is 17.0 Å². The molecule has 0 aliphatic heterocycles. The fourth-order valence-corrected chi connectivity index (χ4v) is 4.60. The topological polar surface area (TPSA) is 110 Å². The average molecular weight is 448 g/mol. The lowest BCUT2D eigenvalue weighted by Gasteiger charge is -2.22. The van der Waals surface area contributed by atoms with Gasteiger partial charge in [0.2, 0.25) is 10.0 Å². The monoisotopic (exact) mass is 447 g/mol. The first kappa shape index (κ1) is 24.5. The third-order valence-corrected chi connectivity index (χ3v) is 6.84. The van der Waals surface area contributed by atoms with E-state index in [0.717, 1.165) is 25.7 Å². The van der Waals surface area contributed by atoms with Crippen LogP contribution in [0.2, 0.25) is 0 Å². The van der Waals surface area contributed by atoms with E-state index in [2.05, 4.69) is 5.32 Å². The van der Waals surface area contributed by atoms with Gasteiger partial charge in [0, 0.05) is 36.0 Å². The van der Waals surface area contributed by atoms with Gasteiger partial charge in [-0.2, -0.15) is 4.31 Å². The van der Waals surface area contributed by atoms with Crippen LogP contribution in [0.3, 0.4) is 0 Å². The van der Waals surface area contributed by atoms with Gasteiger partial charge < -0.3 is 5.32 Å². The second-order valence-electron chi connectivity index (χ2n) is 7.35. The van der Waals surface area contributed by atoms with Crippen LogP contribution >= 0.6 is 0 Å². The van der Waals surface area contributed by atoms with Crippen molar-refractivity contribution in [2.24, 2.45) is 0 Å². The molecule has 9 heteroatoms. The summed E-state index contributed by atoms with van der Waals surface area (Å²) in [5.74, 6) is -0.430. The fraction of sp³-hybridized carbons (Fsp3) is 0.409. The summed E-state index contributed by atoms with van der Waals surface area (Å²) in [5, 5.41) is 13.6. The third-order valence-electron chi connectivity index (χ3n) is 4.93. The third kappa shape index (κ3) is 6.35. The number of benzene rings is 2. The van der Waals surface area contributed by atoms with Crippen LogP contribution in [0.1, 0.15) is 55.5 Å². The highest BCUT2D eigenvalue weighted by atomic mass is 32.2. The quantitative estimate of drug-likeness (QED) is 0.395. The summed E-state index contributed by atoms with van der Waals surface area (Å²) in [6.07, 6.45) is 3.41. The summed E-state index contributed by atoms with van der Waals surface area (Å²) in [4.78, 5) is 23.1. The van der Waals surface area contributed by atoms with E-state index in [4.69, 9.17) is 0 Å². The molecule has 2 aromatic carbocycles. The highest BCUT2D eigenvalue weighted by molar-refractivity contribution is 7.89. The van der Waals surface area contributed by atoms with Crippen LogP contribution < -0.4 is 5.32 Å². The Bertz CT molecular complexity index is 1010. The van der Waals surface area contributed by atoms with Crippen molar-refractivity contribution in [2.45, 2.75) is 51.3 Å². The Balaban J connectivity index is 2.15. The Kier molecular flexibility index (Phi) is 8.70. The summed E-state index contributed by atoms with van der Waals surface area (Å²) in [6, 6.07) is 10.2. The SMILES string of the molecule is CCCCN(CCCC)S(=O)(=O)c1ccc(NC(=O)c2ccc([N+](=O)[O-])c(C)c2)cc1. The smallest absolute Gasteiger partial charge is 0.272 e. The molecule has 0 bridgehead atoms. The maximum atomic E-state index is 13.0. The number of unbranched alkanes of at least 4 members (excludes halogenated alkanes) is 2. The first-order valence-corrected chi connectivity index (χ1v) is 11.8. The highest BCUT2D eigenvalue weighted by Crippen LogP contribution is 2.22. The summed E-state index contributed by atoms with van der Waals surface area (Å²) in [6.45, 7) is 6.58. The molecule has 0 fully saturated rings. The number of hydrogen-bond acceptors (Lipinski definition) is 5. The van der Waals surface area contributed by atoms with Gasteiger partial charge in [-0.15, -0.1) is 0 Å². The Morgan fingerprint density at radius 3 is 2.10 bits per heavy atom. The number of hydrogen-bond donors (Lipinski definition) is 1. The Morgan fingerprint density at radius 2 is 1.61 bits per heavy atom. The molecule has 31 heavy (non-hydrogen) atoms. The number of nitrogens with one attached hydrogen (secondary N) is 1. The second kappa shape index (κ2) is 11.0. The molecule has 8 nitrogen and oxygen atoms in total. The number of carbonyl (C=O) groups excluding carboxylic acids is 1. The predicted molar refractivity (Wildman–Crippen MR) is 121 cm³/mol. The molecule has 1 amide bonds. The molecule has 0 aliphatic rings. The van der Waals surface area contributed by atoms with E-state index in [-0.39, 0.29) is 16.1 Å². The number of nitro benzene ring substituents is 1. The molecule has 0 radical (unpaired) electrons. The molecule has 0 atom stereocenters. The largest absolute Gasteiger partial charge is 0.322 e. The Hall–Kier alpha value is -2.78. The zero-order valence-corrected chi connectivity index (χ0v) is 18.9. The molecule has 168 valence electrons. The van der Waals surface area contributed by atoms with E-state index >= 15 is 0 Å². The van der Waals surface area contributed by atoms with E-state index in [1.807, 2.05) is 13.8 Å². The average Bonchev–Trinajstić information content (AvgIpc) is 2.73. The maximum Gasteiger partial charge on any atom is 0.272 e. The number of rotatable bonds is 11. The van der Waals surface area contributed by atoms with Gasteiger partial charge >= 0.3 is 0 Å². The lowest BCUT2D eigenvalue weighted by Crippen LogP contribution is -2.33. The van der Waals surface area contributed by atoms with Crippen LogP contribution in [0.4, 0.5) is 11.4 Å². The Morgan fingerprint density at radius 1 is 1.03 bits per heavy atom. The Labute approximate surface area is 183 Å². The lowest BCUT2D eigenvalue weighted by atomic mass is 10.1. The van der Waals surface area contributed by atoms with Crippen molar-refractivity contribution < 1.29 is 18.1 Å². The van der Waals surface area contributed by atoms with Gasteiger partial charge in [0.25, 0.3) is 11.6 Å². The van der Waals surface area contributed by atoms with E-state index in [9.17, 15) is 23.3 Å². The van der Waals surface area contributed by atoms with Crippen LogP contribution in [0.25, 0.3) is 0 Å². The maximum absolute atomic E-state index is 13.0. The minimum Gasteiger partial charge on any atom is -0.322 e. The van der Waals surface area contributed by atoms with Gasteiger partial charge in [0.05, 0.1) is 9.82 Å². The molecule has 2 aromatic rings. The van der Waals surface area contributed by atoms with E-state index in [1.165, 1.54) is 34.6 Å². The number of amides is 1. The van der Waals surface area contributed by atoms with Gasteiger partial charge in [-0.05, 0) is 56.2 Å². The molecular formula is C22H29N3O5S. The number of sulfonamides is 1. The van der Waals surface area contributed by atoms with Crippen molar-refractivity contribution in [3.8, 4) is 0 Å². The standard InChI is InChI=1S/C22H29N3O5S/c1-4-6-14-24(15-7-5-2)31(29,30)20-11-9-19(10-12-20)23-22(26)18-8-13-21(25(27)28)17(3)16-18/h8-13,16H,4-7,14-15H2,1-3H3,(H,23,26). The number of carbonyl (C=O) groups is 1. The van der Waals surface area contributed by atoms with Crippen molar-refractivity contribution in [3.63, 3.8) is 0 Å². The van der Waals surface area contributed by atoms with Crippen molar-refractivity contribution in [1.29, 1.82) is 0 Å². The molecule has 1 N–H and O–H groups in total. The van der Waals surface area contributed by atoms with Gasteiger partial charge in [-0.25, -0.2) is 8.42 Å². The normalized spacial score (nSPS) is 11.5. The van der Waals surface area contributed by atoms with Crippen molar-refractivity contribution >= 4 is 27.3 Å². The van der Waals surface area contributed by atoms with Gasteiger partial charge in [-0.3, -0.25) is 14.9 Å². The lowest BCUT2D eigenvalue weighted by molar-refractivity contribution is -0.385. The van der Waals surface area contributed by atoms with E-state index < -0.39 is 20.9 Å². The predicted octanol–water partition coefficient (Wildman–Crippen LogP) is 4.75. The van der Waals surface area contributed by atoms with Crippen molar-refractivity contribution in [1.82, 2.24) is 4.31 Å². The van der Waals surface area contributed by atoms with Crippen molar-refractivity contribution in [2.75, 3.05) is 18.4 Å². The first-order chi connectivity index (χ1) is 14.7. The molecule has 0 saturated carbocycles. The molecule has 0 aromatic heterocycles. The van der Waals surface area contributed by atoms with Crippen molar-refractivity contribution in [3.05, 3.63) is 63.7 Å². The molecule has 2 rings (SSSR count). The van der Waals surface area contributed by atoms with E-state index in [0.29, 0.717) is 24.3 Å². The molecule has 0 aliphatic carbocycles. The molecule has 0 spiro atoms. The minimum absolute atomic E-state index is 0.0539. The summed E-state index contributed by atoms with van der Waals surface area (Å²) >= 11 is 0. The molecular weight excluding hydrogens is 418 g/mol. The molecule has 0 saturated heterocycles. The van der Waals surface area contributed by atoms with Crippen LogP contribution in [-0.2, 0) is 10.0 Å². The fourth-order valence-electron chi connectivity index (χ4n) is 3.09.